The average Bonchev–Trinajstić information content (AvgIpc) is 2.48. The van der Waals surface area contributed by atoms with Crippen LogP contribution in [0.5, 0.6) is 0 Å². The molecule has 1 atom stereocenters. The van der Waals surface area contributed by atoms with Gasteiger partial charge in [-0.15, -0.1) is 0 Å². The summed E-state index contributed by atoms with van der Waals surface area (Å²) in [6.07, 6.45) is 9.63. The van der Waals surface area contributed by atoms with E-state index in [1.807, 2.05) is 24.8 Å². The van der Waals surface area contributed by atoms with Crippen LogP contribution in [-0.4, -0.2) is 9.97 Å². The van der Waals surface area contributed by atoms with E-state index in [4.69, 9.17) is 0 Å². The highest BCUT2D eigenvalue weighted by Crippen LogP contribution is 2.28. The summed E-state index contributed by atoms with van der Waals surface area (Å²) in [5.41, 5.74) is 5.58. The Balaban J connectivity index is 2.23. The maximum Gasteiger partial charge on any atom is 0.0270 e. The van der Waals surface area contributed by atoms with Gasteiger partial charge in [0.25, 0.3) is 0 Å². The molecule has 20 heavy (non-hydrogen) atoms. The fraction of sp³-hybridized carbons (Fsp3) is 0.333. The molecule has 0 aliphatic rings. The number of hydrogen-bond acceptors (Lipinski definition) is 2. The summed E-state index contributed by atoms with van der Waals surface area (Å²) in [7, 11) is 0. The lowest BCUT2D eigenvalue weighted by molar-refractivity contribution is 0.669. The first-order chi connectivity index (χ1) is 9.66. The van der Waals surface area contributed by atoms with E-state index in [1.54, 1.807) is 0 Å². The number of rotatable bonds is 5. The van der Waals surface area contributed by atoms with Crippen LogP contribution in [0.1, 0.15) is 44.2 Å². The van der Waals surface area contributed by atoms with Crippen molar-refractivity contribution in [2.45, 2.75) is 39.5 Å². The summed E-state index contributed by atoms with van der Waals surface area (Å²) in [6, 6.07) is 8.46. The molecule has 0 aliphatic heterocycles. The van der Waals surface area contributed by atoms with Crippen molar-refractivity contribution in [3.63, 3.8) is 0 Å². The quantitative estimate of drug-likeness (QED) is 0.742. The van der Waals surface area contributed by atoms with Gasteiger partial charge in [-0.05, 0) is 74.9 Å². The van der Waals surface area contributed by atoms with Crippen molar-refractivity contribution in [2.75, 3.05) is 0 Å². The van der Waals surface area contributed by atoms with E-state index in [0.717, 1.165) is 12.8 Å². The van der Waals surface area contributed by atoms with Crippen LogP contribution in [0.25, 0.3) is 0 Å². The molecule has 0 saturated carbocycles. The SMILES string of the molecule is CC(C)=C(C)CC(Cc1ccncc1)c1ccncc1. The number of aromatic nitrogens is 2. The Kier molecular flexibility index (Phi) is 5.05. The van der Waals surface area contributed by atoms with Crippen LogP contribution >= 0.6 is 0 Å². The van der Waals surface area contributed by atoms with Crippen molar-refractivity contribution in [1.82, 2.24) is 9.97 Å². The van der Waals surface area contributed by atoms with Crippen LogP contribution in [0.4, 0.5) is 0 Å². The maximum atomic E-state index is 4.13. The summed E-state index contributed by atoms with van der Waals surface area (Å²) in [5, 5.41) is 0. The minimum Gasteiger partial charge on any atom is -0.265 e. The zero-order valence-corrected chi connectivity index (χ0v) is 12.5. The molecule has 0 amide bonds. The molecule has 0 fully saturated rings. The largest absolute Gasteiger partial charge is 0.265 e. The van der Waals surface area contributed by atoms with Crippen molar-refractivity contribution in [1.29, 1.82) is 0 Å². The molecule has 104 valence electrons. The molecule has 0 saturated heterocycles. The Morgan fingerprint density at radius 1 is 0.900 bits per heavy atom. The van der Waals surface area contributed by atoms with Gasteiger partial charge >= 0.3 is 0 Å². The maximum absolute atomic E-state index is 4.13. The van der Waals surface area contributed by atoms with Crippen LogP contribution in [0.3, 0.4) is 0 Å². The van der Waals surface area contributed by atoms with Gasteiger partial charge in [0.1, 0.15) is 0 Å². The van der Waals surface area contributed by atoms with E-state index in [0.29, 0.717) is 5.92 Å². The lowest BCUT2D eigenvalue weighted by atomic mass is 9.86. The molecule has 0 aliphatic carbocycles. The monoisotopic (exact) mass is 266 g/mol. The molecule has 0 N–H and O–H groups in total. The third-order valence-electron chi connectivity index (χ3n) is 3.82. The second kappa shape index (κ2) is 6.99. The van der Waals surface area contributed by atoms with E-state index in [9.17, 15) is 0 Å². The smallest absolute Gasteiger partial charge is 0.0270 e. The normalized spacial score (nSPS) is 11.9. The van der Waals surface area contributed by atoms with E-state index in [1.165, 1.54) is 22.3 Å². The Bertz CT molecular complexity index is 554. The van der Waals surface area contributed by atoms with Gasteiger partial charge in [-0.3, -0.25) is 9.97 Å². The molecule has 2 aromatic rings. The summed E-state index contributed by atoms with van der Waals surface area (Å²) in [4.78, 5) is 8.22. The highest BCUT2D eigenvalue weighted by Gasteiger charge is 2.13. The van der Waals surface area contributed by atoms with Crippen molar-refractivity contribution < 1.29 is 0 Å². The molecule has 2 aromatic heterocycles. The van der Waals surface area contributed by atoms with Crippen LogP contribution in [0, 0.1) is 0 Å². The lowest BCUT2D eigenvalue weighted by Gasteiger charge is -2.18. The minimum atomic E-state index is 0.496. The second-order valence-electron chi connectivity index (χ2n) is 5.52. The number of pyridine rings is 2. The zero-order chi connectivity index (χ0) is 14.4. The van der Waals surface area contributed by atoms with E-state index >= 15 is 0 Å². The fourth-order valence-corrected chi connectivity index (χ4v) is 2.32. The third-order valence-corrected chi connectivity index (χ3v) is 3.82. The van der Waals surface area contributed by atoms with Crippen molar-refractivity contribution in [2.24, 2.45) is 0 Å². The highest BCUT2D eigenvalue weighted by atomic mass is 14.6. The Morgan fingerprint density at radius 3 is 2.00 bits per heavy atom. The highest BCUT2D eigenvalue weighted by molar-refractivity contribution is 5.24. The van der Waals surface area contributed by atoms with Gasteiger partial charge in [-0.1, -0.05) is 11.1 Å². The Morgan fingerprint density at radius 2 is 1.45 bits per heavy atom. The van der Waals surface area contributed by atoms with E-state index in [2.05, 4.69) is 55.0 Å². The molecular formula is C18H22N2. The Labute approximate surface area is 121 Å². The first kappa shape index (κ1) is 14.4. The van der Waals surface area contributed by atoms with Gasteiger partial charge < -0.3 is 0 Å². The summed E-state index contributed by atoms with van der Waals surface area (Å²) < 4.78 is 0. The number of nitrogens with zero attached hydrogens (tertiary/aromatic N) is 2. The molecule has 2 nitrogen and oxygen atoms in total. The Hall–Kier alpha value is -1.96. The van der Waals surface area contributed by atoms with Crippen molar-refractivity contribution >= 4 is 0 Å². The summed E-state index contributed by atoms with van der Waals surface area (Å²) >= 11 is 0. The summed E-state index contributed by atoms with van der Waals surface area (Å²) in [5.74, 6) is 0.496. The van der Waals surface area contributed by atoms with Gasteiger partial charge in [-0.2, -0.15) is 0 Å². The first-order valence-electron chi connectivity index (χ1n) is 7.08. The minimum absolute atomic E-state index is 0.496. The van der Waals surface area contributed by atoms with Crippen molar-refractivity contribution in [3.8, 4) is 0 Å². The van der Waals surface area contributed by atoms with Gasteiger partial charge in [0.15, 0.2) is 0 Å². The van der Waals surface area contributed by atoms with E-state index < -0.39 is 0 Å². The van der Waals surface area contributed by atoms with Gasteiger partial charge in [0, 0.05) is 24.8 Å². The first-order valence-corrected chi connectivity index (χ1v) is 7.08. The van der Waals surface area contributed by atoms with Gasteiger partial charge in [0.2, 0.25) is 0 Å². The van der Waals surface area contributed by atoms with Crippen LogP contribution in [0.2, 0.25) is 0 Å². The van der Waals surface area contributed by atoms with E-state index in [-0.39, 0.29) is 0 Å². The topological polar surface area (TPSA) is 25.8 Å². The summed E-state index contributed by atoms with van der Waals surface area (Å²) in [6.45, 7) is 6.60. The lowest BCUT2D eigenvalue weighted by Crippen LogP contribution is -2.05. The van der Waals surface area contributed by atoms with Crippen LogP contribution in [0.15, 0.2) is 60.2 Å². The third kappa shape index (κ3) is 4.02. The molecule has 0 aromatic carbocycles. The second-order valence-corrected chi connectivity index (χ2v) is 5.52. The van der Waals surface area contributed by atoms with Gasteiger partial charge in [0.05, 0.1) is 0 Å². The number of hydrogen-bond donors (Lipinski definition) is 0. The molecule has 0 spiro atoms. The van der Waals surface area contributed by atoms with Crippen LogP contribution in [-0.2, 0) is 6.42 Å². The predicted molar refractivity (Wildman–Crippen MR) is 83.6 cm³/mol. The molecule has 0 radical (unpaired) electrons. The standard InChI is InChI=1S/C18H22N2/c1-14(2)15(3)12-18(17-6-10-20-11-7-17)13-16-4-8-19-9-5-16/h4-11,18H,12-13H2,1-3H3. The molecule has 2 heterocycles. The molecule has 0 bridgehead atoms. The van der Waals surface area contributed by atoms with Crippen molar-refractivity contribution in [3.05, 3.63) is 71.3 Å². The predicted octanol–water partition coefficient (Wildman–Crippen LogP) is 4.55. The van der Waals surface area contributed by atoms with Crippen LogP contribution < -0.4 is 0 Å². The zero-order valence-electron chi connectivity index (χ0n) is 12.5. The molecule has 1 unspecified atom stereocenters. The number of allylic oxidation sites excluding steroid dienone is 2. The molecule has 2 rings (SSSR count). The molecular weight excluding hydrogens is 244 g/mol. The molecule has 2 heteroatoms. The average molecular weight is 266 g/mol. The fourth-order valence-electron chi connectivity index (χ4n) is 2.32. The van der Waals surface area contributed by atoms with Gasteiger partial charge in [-0.25, -0.2) is 0 Å².